The molecule has 5 rings (SSSR count). The maximum absolute atomic E-state index is 13.4. The van der Waals surface area contributed by atoms with E-state index in [0.29, 0.717) is 29.9 Å². The minimum atomic E-state index is -0.279. The molecule has 1 aliphatic rings. The number of benzene rings is 1. The van der Waals surface area contributed by atoms with Gasteiger partial charge in [-0.1, -0.05) is 6.07 Å². The van der Waals surface area contributed by atoms with Gasteiger partial charge in [-0.3, -0.25) is 14.6 Å². The second-order valence-electron chi connectivity index (χ2n) is 8.33. The van der Waals surface area contributed by atoms with Gasteiger partial charge in [0.15, 0.2) is 0 Å². The lowest BCUT2D eigenvalue weighted by molar-refractivity contribution is 0.0504. The van der Waals surface area contributed by atoms with Crippen molar-refractivity contribution in [2.45, 2.75) is 25.5 Å². The number of nitrogens with one attached hydrogen (secondary N) is 1. The summed E-state index contributed by atoms with van der Waals surface area (Å²) in [5.41, 5.74) is 3.15. The third-order valence-corrected chi connectivity index (χ3v) is 5.82. The first-order chi connectivity index (χ1) is 17.2. The van der Waals surface area contributed by atoms with Gasteiger partial charge in [-0.2, -0.15) is 5.10 Å². The quantitative estimate of drug-likeness (QED) is 0.418. The van der Waals surface area contributed by atoms with Crippen molar-refractivity contribution in [3.8, 4) is 5.69 Å². The highest BCUT2D eigenvalue weighted by atomic mass is 16.5. The fourth-order valence-corrected chi connectivity index (χ4v) is 4.01. The number of aromatic nitrogens is 3. The van der Waals surface area contributed by atoms with Gasteiger partial charge in [0.05, 0.1) is 53.9 Å². The van der Waals surface area contributed by atoms with E-state index in [1.54, 1.807) is 46.4 Å². The minimum absolute atomic E-state index is 0.0432. The second-order valence-corrected chi connectivity index (χ2v) is 8.33. The third kappa shape index (κ3) is 5.47. The van der Waals surface area contributed by atoms with Gasteiger partial charge >= 0.3 is 0 Å². The highest BCUT2D eigenvalue weighted by molar-refractivity contribution is 6.03. The zero-order valence-electron chi connectivity index (χ0n) is 19.0. The van der Waals surface area contributed by atoms with Crippen LogP contribution in [-0.2, 0) is 11.3 Å². The molecular weight excluding hydrogens is 446 g/mol. The van der Waals surface area contributed by atoms with E-state index in [1.807, 2.05) is 30.3 Å². The predicted molar refractivity (Wildman–Crippen MR) is 128 cm³/mol. The molecule has 0 spiro atoms. The molecule has 1 atom stereocenters. The Hall–Kier alpha value is -4.24. The Balaban J connectivity index is 1.28. The summed E-state index contributed by atoms with van der Waals surface area (Å²) in [5, 5.41) is 7.09. The molecule has 1 N–H and O–H groups in total. The first-order valence-corrected chi connectivity index (χ1v) is 11.5. The summed E-state index contributed by atoms with van der Waals surface area (Å²) < 4.78 is 12.4. The van der Waals surface area contributed by atoms with Crippen molar-refractivity contribution in [3.05, 3.63) is 96.5 Å². The molecule has 1 fully saturated rings. The monoisotopic (exact) mass is 471 g/mol. The molecule has 9 nitrogen and oxygen atoms in total. The lowest BCUT2D eigenvalue weighted by Gasteiger charge is -2.25. The van der Waals surface area contributed by atoms with Crippen LogP contribution in [0.15, 0.2) is 84.1 Å². The van der Waals surface area contributed by atoms with E-state index in [2.05, 4.69) is 15.4 Å². The molecule has 0 saturated carbocycles. The van der Waals surface area contributed by atoms with E-state index < -0.39 is 0 Å². The summed E-state index contributed by atoms with van der Waals surface area (Å²) in [7, 11) is 0. The minimum Gasteiger partial charge on any atom is -0.472 e. The van der Waals surface area contributed by atoms with Crippen molar-refractivity contribution in [2.75, 3.05) is 18.5 Å². The molecule has 2 amide bonds. The largest absolute Gasteiger partial charge is 0.472 e. The van der Waals surface area contributed by atoms with Crippen LogP contribution in [0, 0.1) is 0 Å². The molecule has 1 aromatic carbocycles. The highest BCUT2D eigenvalue weighted by Crippen LogP contribution is 2.19. The van der Waals surface area contributed by atoms with E-state index in [-0.39, 0.29) is 17.9 Å². The number of hydrogen-bond donors (Lipinski definition) is 1. The molecule has 0 bridgehead atoms. The normalized spacial score (nSPS) is 15.1. The van der Waals surface area contributed by atoms with E-state index >= 15 is 0 Å². The summed E-state index contributed by atoms with van der Waals surface area (Å²) in [6.07, 6.45) is 9.83. The first-order valence-electron chi connectivity index (χ1n) is 11.5. The molecule has 0 radical (unpaired) electrons. The van der Waals surface area contributed by atoms with Gasteiger partial charge in [-0.05, 0) is 55.3 Å². The summed E-state index contributed by atoms with van der Waals surface area (Å²) >= 11 is 0. The molecule has 1 aliphatic heterocycles. The number of carbonyl (C=O) groups excluding carboxylic acids is 2. The zero-order chi connectivity index (χ0) is 24.0. The number of nitrogens with zero attached hydrogens (tertiary/aromatic N) is 4. The standard InChI is InChI=1S/C26H25N5O4/c32-25(20-10-13-34-18-20)29-22-14-28-31(16-22)23-8-6-19(7-9-23)26(33)30(17-24-5-3-12-35-24)15-21-4-1-2-11-27-21/h1-2,4,6-11,13-14,16,18,24H,3,5,12,15,17H2,(H,29,32)/t24-/m1/s1. The number of ether oxygens (including phenoxy) is 1. The molecule has 0 unspecified atom stereocenters. The number of pyridine rings is 1. The Bertz CT molecular complexity index is 1260. The Labute approximate surface area is 202 Å². The van der Waals surface area contributed by atoms with E-state index in [4.69, 9.17) is 9.15 Å². The number of anilines is 1. The van der Waals surface area contributed by atoms with Crippen molar-refractivity contribution in [1.82, 2.24) is 19.7 Å². The molecular formula is C26H25N5O4. The number of furan rings is 1. The number of amides is 2. The maximum Gasteiger partial charge on any atom is 0.259 e. The van der Waals surface area contributed by atoms with Gasteiger partial charge < -0.3 is 19.4 Å². The average molecular weight is 472 g/mol. The van der Waals surface area contributed by atoms with E-state index in [0.717, 1.165) is 30.8 Å². The van der Waals surface area contributed by atoms with Crippen molar-refractivity contribution in [1.29, 1.82) is 0 Å². The molecule has 0 aliphatic carbocycles. The van der Waals surface area contributed by atoms with Gasteiger partial charge in [-0.25, -0.2) is 4.68 Å². The topological polar surface area (TPSA) is 102 Å². The molecule has 35 heavy (non-hydrogen) atoms. The van der Waals surface area contributed by atoms with Gasteiger partial charge in [0.25, 0.3) is 11.8 Å². The van der Waals surface area contributed by atoms with Crippen molar-refractivity contribution in [2.24, 2.45) is 0 Å². The van der Waals surface area contributed by atoms with Gasteiger partial charge in [0.2, 0.25) is 0 Å². The van der Waals surface area contributed by atoms with Crippen LogP contribution in [-0.4, -0.2) is 50.7 Å². The van der Waals surface area contributed by atoms with Crippen LogP contribution in [0.4, 0.5) is 5.69 Å². The molecule has 3 aromatic heterocycles. The van der Waals surface area contributed by atoms with Crippen molar-refractivity contribution < 1.29 is 18.7 Å². The Kier molecular flexibility index (Phi) is 6.67. The molecule has 178 valence electrons. The molecule has 4 heterocycles. The highest BCUT2D eigenvalue weighted by Gasteiger charge is 2.24. The maximum atomic E-state index is 13.4. The second kappa shape index (κ2) is 10.4. The van der Waals surface area contributed by atoms with Gasteiger partial charge in [0.1, 0.15) is 6.26 Å². The zero-order valence-corrected chi connectivity index (χ0v) is 19.0. The van der Waals surface area contributed by atoms with Crippen LogP contribution in [0.1, 0.15) is 39.3 Å². The van der Waals surface area contributed by atoms with E-state index in [1.165, 1.54) is 12.5 Å². The smallest absolute Gasteiger partial charge is 0.259 e. The third-order valence-electron chi connectivity index (χ3n) is 5.82. The average Bonchev–Trinajstić information content (AvgIpc) is 3.67. The number of rotatable bonds is 8. The molecule has 1 saturated heterocycles. The Morgan fingerprint density at radius 2 is 2.00 bits per heavy atom. The Morgan fingerprint density at radius 3 is 2.71 bits per heavy atom. The summed E-state index contributed by atoms with van der Waals surface area (Å²) in [6, 6.07) is 14.5. The first kappa shape index (κ1) is 22.5. The fraction of sp³-hybridized carbons (Fsp3) is 0.231. The van der Waals surface area contributed by atoms with Crippen molar-refractivity contribution in [3.63, 3.8) is 0 Å². The predicted octanol–water partition coefficient (Wildman–Crippen LogP) is 3.93. The molecule has 4 aromatic rings. The van der Waals surface area contributed by atoms with Crippen molar-refractivity contribution >= 4 is 17.5 Å². The summed E-state index contributed by atoms with van der Waals surface area (Å²) in [6.45, 7) is 1.68. The van der Waals surface area contributed by atoms with Crippen LogP contribution in [0.2, 0.25) is 0 Å². The number of hydrogen-bond acceptors (Lipinski definition) is 6. The Morgan fingerprint density at radius 1 is 1.11 bits per heavy atom. The van der Waals surface area contributed by atoms with Crippen LogP contribution in [0.5, 0.6) is 0 Å². The lowest BCUT2D eigenvalue weighted by atomic mass is 10.1. The van der Waals surface area contributed by atoms with Crippen LogP contribution >= 0.6 is 0 Å². The summed E-state index contributed by atoms with van der Waals surface area (Å²) in [5.74, 6) is -0.357. The number of carbonyl (C=O) groups is 2. The molecule has 9 heteroatoms. The van der Waals surface area contributed by atoms with Crippen LogP contribution < -0.4 is 5.32 Å². The summed E-state index contributed by atoms with van der Waals surface area (Å²) in [4.78, 5) is 31.8. The van der Waals surface area contributed by atoms with Gasteiger partial charge in [-0.15, -0.1) is 0 Å². The SMILES string of the molecule is O=C(Nc1cnn(-c2ccc(C(=O)N(Cc3ccccn3)C[C@H]3CCCO3)cc2)c1)c1ccoc1. The fourth-order valence-electron chi connectivity index (χ4n) is 4.01. The van der Waals surface area contributed by atoms with Gasteiger partial charge in [0, 0.05) is 24.9 Å². The van der Waals surface area contributed by atoms with Crippen LogP contribution in [0.25, 0.3) is 5.69 Å². The lowest BCUT2D eigenvalue weighted by Crippen LogP contribution is -2.37. The van der Waals surface area contributed by atoms with E-state index in [9.17, 15) is 9.59 Å². The van der Waals surface area contributed by atoms with Crippen LogP contribution in [0.3, 0.4) is 0 Å².